The topological polar surface area (TPSA) is 79.8 Å². The average Bonchev–Trinajstić information content (AvgIpc) is 2.95. The number of amides is 1. The molecule has 1 aliphatic heterocycles. The van der Waals surface area contributed by atoms with Gasteiger partial charge in [0.25, 0.3) is 0 Å². The van der Waals surface area contributed by atoms with Crippen molar-refractivity contribution in [2.24, 2.45) is 4.99 Å². The van der Waals surface area contributed by atoms with Gasteiger partial charge in [0, 0.05) is 11.4 Å². The Balaban J connectivity index is 1.81. The van der Waals surface area contributed by atoms with Gasteiger partial charge in [0.2, 0.25) is 5.91 Å². The largest absolute Gasteiger partial charge is 0.466 e. The fourth-order valence-electron chi connectivity index (χ4n) is 3.17. The van der Waals surface area contributed by atoms with Crippen LogP contribution in [0.5, 0.6) is 0 Å². The SMILES string of the molecule is CCOC(=O)CC1=CC(S[C@H](CC)C(=O)Nc2cccc(C(F)(F)F)c2)=Nc2ccccc2N1. The molecule has 0 fully saturated rings. The second-order valence-electron chi connectivity index (χ2n) is 7.33. The number of anilines is 2. The first-order chi connectivity index (χ1) is 16.2. The minimum atomic E-state index is -4.50. The highest BCUT2D eigenvalue weighted by molar-refractivity contribution is 8.15. The summed E-state index contributed by atoms with van der Waals surface area (Å²) in [6.07, 6.45) is -2.42. The molecule has 3 rings (SSSR count). The van der Waals surface area contributed by atoms with Gasteiger partial charge in [0.1, 0.15) is 0 Å². The summed E-state index contributed by atoms with van der Waals surface area (Å²) in [5, 5.41) is 5.61. The maximum absolute atomic E-state index is 13.0. The third-order valence-electron chi connectivity index (χ3n) is 4.75. The van der Waals surface area contributed by atoms with Gasteiger partial charge in [-0.2, -0.15) is 13.2 Å². The lowest BCUT2D eigenvalue weighted by Gasteiger charge is -2.16. The van der Waals surface area contributed by atoms with Crippen molar-refractivity contribution in [3.8, 4) is 0 Å². The Hall–Kier alpha value is -3.27. The Morgan fingerprint density at radius 2 is 1.91 bits per heavy atom. The molecule has 0 spiro atoms. The van der Waals surface area contributed by atoms with Crippen LogP contribution in [0.4, 0.5) is 30.2 Å². The lowest BCUT2D eigenvalue weighted by molar-refractivity contribution is -0.142. The highest BCUT2D eigenvalue weighted by Crippen LogP contribution is 2.33. The van der Waals surface area contributed by atoms with Crippen molar-refractivity contribution in [1.29, 1.82) is 0 Å². The molecule has 0 unspecified atom stereocenters. The van der Waals surface area contributed by atoms with Gasteiger partial charge >= 0.3 is 12.1 Å². The second kappa shape index (κ2) is 11.2. The number of benzene rings is 2. The summed E-state index contributed by atoms with van der Waals surface area (Å²) in [7, 11) is 0. The first-order valence-corrected chi connectivity index (χ1v) is 11.5. The maximum Gasteiger partial charge on any atom is 0.416 e. The van der Waals surface area contributed by atoms with E-state index < -0.39 is 28.9 Å². The Bertz CT molecular complexity index is 1120. The summed E-state index contributed by atoms with van der Waals surface area (Å²) >= 11 is 1.17. The van der Waals surface area contributed by atoms with Gasteiger partial charge in [-0.05, 0) is 49.8 Å². The number of aliphatic imine (C=N–C) groups is 1. The monoisotopic (exact) mass is 491 g/mol. The normalized spacial score (nSPS) is 14.0. The van der Waals surface area contributed by atoms with Gasteiger partial charge in [0.05, 0.1) is 40.3 Å². The summed E-state index contributed by atoms with van der Waals surface area (Å²) in [6.45, 7) is 3.78. The number of thioether (sulfide) groups is 1. The summed E-state index contributed by atoms with van der Waals surface area (Å²) in [6, 6.07) is 11.8. The fraction of sp³-hybridized carbons (Fsp3) is 0.292. The number of ether oxygens (including phenoxy) is 1. The van der Waals surface area contributed by atoms with Crippen LogP contribution in [0.1, 0.15) is 32.3 Å². The Labute approximate surface area is 199 Å². The van der Waals surface area contributed by atoms with E-state index in [2.05, 4.69) is 15.6 Å². The number of rotatable bonds is 7. The van der Waals surface area contributed by atoms with Gasteiger partial charge < -0.3 is 15.4 Å². The van der Waals surface area contributed by atoms with E-state index in [9.17, 15) is 22.8 Å². The number of esters is 1. The molecule has 0 aromatic heterocycles. The van der Waals surface area contributed by atoms with E-state index in [1.807, 2.05) is 18.2 Å². The zero-order valence-corrected chi connectivity index (χ0v) is 19.4. The number of hydrogen-bond acceptors (Lipinski definition) is 6. The van der Waals surface area contributed by atoms with E-state index in [-0.39, 0.29) is 18.7 Å². The van der Waals surface area contributed by atoms with Crippen molar-refractivity contribution < 1.29 is 27.5 Å². The van der Waals surface area contributed by atoms with Crippen LogP contribution in [0.15, 0.2) is 65.3 Å². The molecule has 0 radical (unpaired) electrons. The molecule has 1 heterocycles. The molecule has 2 aromatic carbocycles. The van der Waals surface area contributed by atoms with Crippen LogP contribution in [-0.4, -0.2) is 28.8 Å². The summed E-state index contributed by atoms with van der Waals surface area (Å²) in [4.78, 5) is 29.5. The third-order valence-corrected chi connectivity index (χ3v) is 6.03. The Morgan fingerprint density at radius 3 is 2.62 bits per heavy atom. The van der Waals surface area contributed by atoms with Crippen LogP contribution in [0.25, 0.3) is 0 Å². The van der Waals surface area contributed by atoms with Crippen LogP contribution in [0.3, 0.4) is 0 Å². The summed E-state index contributed by atoms with van der Waals surface area (Å²) < 4.78 is 44.0. The van der Waals surface area contributed by atoms with E-state index in [0.717, 1.165) is 12.1 Å². The van der Waals surface area contributed by atoms with Crippen LogP contribution in [0.2, 0.25) is 0 Å². The minimum absolute atomic E-state index is 0.00498. The van der Waals surface area contributed by atoms with E-state index >= 15 is 0 Å². The quantitative estimate of drug-likeness (QED) is 0.454. The van der Waals surface area contributed by atoms with Gasteiger partial charge in [-0.3, -0.25) is 9.59 Å². The third kappa shape index (κ3) is 6.86. The highest BCUT2D eigenvalue weighted by Gasteiger charge is 2.31. The van der Waals surface area contributed by atoms with Crippen LogP contribution in [0, 0.1) is 0 Å². The molecule has 0 bridgehead atoms. The number of alkyl halides is 3. The number of nitrogens with one attached hydrogen (secondary N) is 2. The Kier molecular flexibility index (Phi) is 8.38. The lowest BCUT2D eigenvalue weighted by atomic mass is 10.2. The molecule has 34 heavy (non-hydrogen) atoms. The van der Waals surface area contributed by atoms with E-state index in [1.54, 1.807) is 26.0 Å². The Morgan fingerprint density at radius 1 is 1.15 bits per heavy atom. The van der Waals surface area contributed by atoms with Crippen molar-refractivity contribution >= 4 is 45.7 Å². The number of nitrogens with zero attached hydrogens (tertiary/aromatic N) is 1. The first kappa shape index (κ1) is 25.4. The lowest BCUT2D eigenvalue weighted by Crippen LogP contribution is -2.26. The van der Waals surface area contributed by atoms with Crippen molar-refractivity contribution in [3.63, 3.8) is 0 Å². The zero-order valence-electron chi connectivity index (χ0n) is 18.6. The molecule has 1 amide bonds. The molecule has 180 valence electrons. The smallest absolute Gasteiger partial charge is 0.416 e. The molecular weight excluding hydrogens is 467 g/mol. The number of para-hydroxylation sites is 2. The van der Waals surface area contributed by atoms with Crippen molar-refractivity contribution in [2.75, 3.05) is 17.2 Å². The van der Waals surface area contributed by atoms with Crippen molar-refractivity contribution in [3.05, 3.63) is 65.9 Å². The van der Waals surface area contributed by atoms with E-state index in [1.165, 1.54) is 23.9 Å². The first-order valence-electron chi connectivity index (χ1n) is 10.6. The van der Waals surface area contributed by atoms with Crippen LogP contribution >= 0.6 is 11.8 Å². The van der Waals surface area contributed by atoms with E-state index in [4.69, 9.17) is 4.74 Å². The standard InChI is InChI=1S/C24H24F3N3O3S/c1-3-20(23(32)29-16-9-7-8-15(12-16)24(25,26)27)34-21-13-17(14-22(31)33-4-2)28-18-10-5-6-11-19(18)30-21/h5-13,20,28H,3-4,14H2,1-2H3,(H,29,32)/t20-/m1/s1. The highest BCUT2D eigenvalue weighted by atomic mass is 32.2. The van der Waals surface area contributed by atoms with Crippen LogP contribution < -0.4 is 10.6 Å². The van der Waals surface area contributed by atoms with Gasteiger partial charge in [0.15, 0.2) is 0 Å². The zero-order chi connectivity index (χ0) is 24.7. The average molecular weight is 492 g/mol. The summed E-state index contributed by atoms with van der Waals surface area (Å²) in [5.74, 6) is -0.848. The molecular formula is C24H24F3N3O3S. The molecule has 6 nitrogen and oxygen atoms in total. The predicted molar refractivity (Wildman–Crippen MR) is 128 cm³/mol. The summed E-state index contributed by atoms with van der Waals surface area (Å²) in [5.41, 5.74) is 1.12. The molecule has 0 saturated carbocycles. The second-order valence-corrected chi connectivity index (χ2v) is 8.55. The number of hydrogen-bond donors (Lipinski definition) is 2. The number of carbonyl (C=O) groups excluding carboxylic acids is 2. The number of fused-ring (bicyclic) bond motifs is 1. The molecule has 0 aliphatic carbocycles. The molecule has 10 heteroatoms. The molecule has 1 atom stereocenters. The minimum Gasteiger partial charge on any atom is -0.466 e. The molecule has 2 aromatic rings. The molecule has 1 aliphatic rings. The molecule has 0 saturated heterocycles. The maximum atomic E-state index is 13.0. The molecule has 2 N–H and O–H groups in total. The fourth-order valence-corrected chi connectivity index (χ4v) is 4.16. The van der Waals surface area contributed by atoms with Gasteiger partial charge in [-0.15, -0.1) is 0 Å². The van der Waals surface area contributed by atoms with Gasteiger partial charge in [-0.25, -0.2) is 4.99 Å². The van der Waals surface area contributed by atoms with Crippen molar-refractivity contribution in [2.45, 2.75) is 38.1 Å². The predicted octanol–water partition coefficient (Wildman–Crippen LogP) is 6.15. The number of halogens is 3. The number of carbonyl (C=O) groups is 2. The van der Waals surface area contributed by atoms with Crippen LogP contribution in [-0.2, 0) is 20.5 Å². The van der Waals surface area contributed by atoms with Gasteiger partial charge in [-0.1, -0.05) is 36.9 Å². The van der Waals surface area contributed by atoms with Crippen molar-refractivity contribution in [1.82, 2.24) is 0 Å². The van der Waals surface area contributed by atoms with E-state index in [0.29, 0.717) is 28.5 Å².